The van der Waals surface area contributed by atoms with Gasteiger partial charge in [-0.05, 0) is 52.9 Å². The Bertz CT molecular complexity index is 751. The molecule has 0 saturated heterocycles. The first kappa shape index (κ1) is 18.6. The Kier molecular flexibility index (Phi) is 5.18. The van der Waals surface area contributed by atoms with Gasteiger partial charge >= 0.3 is 0 Å². The van der Waals surface area contributed by atoms with Gasteiger partial charge in [0.15, 0.2) is 5.82 Å². The maximum absolute atomic E-state index is 10.2. The molecule has 0 aromatic carbocycles. The zero-order chi connectivity index (χ0) is 18.9. The molecule has 26 heavy (non-hydrogen) atoms. The zero-order valence-corrected chi connectivity index (χ0v) is 16.3. The van der Waals surface area contributed by atoms with Crippen LogP contribution in [-0.4, -0.2) is 42.3 Å². The van der Waals surface area contributed by atoms with Gasteiger partial charge in [0.25, 0.3) is 0 Å². The summed E-state index contributed by atoms with van der Waals surface area (Å²) >= 11 is 0. The number of hydrogen-bond acceptors (Lipinski definition) is 6. The van der Waals surface area contributed by atoms with Gasteiger partial charge in [0, 0.05) is 17.8 Å². The SMILES string of the molecule is Cc1cn(-c2cnc(NC(C)(C)C)nc2N[C@@H]2CC[C@@H](C)[C@H](O)C2)cn1. The molecule has 7 nitrogen and oxygen atoms in total. The Morgan fingerprint density at radius 3 is 2.62 bits per heavy atom. The Balaban J connectivity index is 1.89. The van der Waals surface area contributed by atoms with E-state index in [4.69, 9.17) is 4.98 Å². The molecule has 3 N–H and O–H groups in total. The second kappa shape index (κ2) is 7.23. The average molecular weight is 358 g/mol. The van der Waals surface area contributed by atoms with E-state index >= 15 is 0 Å². The minimum atomic E-state index is -0.269. The van der Waals surface area contributed by atoms with Crippen molar-refractivity contribution >= 4 is 11.8 Å². The van der Waals surface area contributed by atoms with Gasteiger partial charge in [-0.25, -0.2) is 9.97 Å². The fourth-order valence-electron chi connectivity index (χ4n) is 3.24. The van der Waals surface area contributed by atoms with Crippen molar-refractivity contribution in [3.05, 3.63) is 24.4 Å². The van der Waals surface area contributed by atoms with Crippen LogP contribution < -0.4 is 10.6 Å². The summed E-state index contributed by atoms with van der Waals surface area (Å²) in [5.41, 5.74) is 1.67. The van der Waals surface area contributed by atoms with Gasteiger partial charge in [0.2, 0.25) is 5.95 Å². The summed E-state index contributed by atoms with van der Waals surface area (Å²) in [7, 11) is 0. The van der Waals surface area contributed by atoms with Crippen LogP contribution in [0.1, 0.15) is 52.7 Å². The van der Waals surface area contributed by atoms with Gasteiger partial charge in [-0.1, -0.05) is 6.92 Å². The van der Waals surface area contributed by atoms with Crippen LogP contribution in [0.4, 0.5) is 11.8 Å². The molecular formula is C19H30N6O. The number of rotatable bonds is 4. The molecule has 2 aromatic rings. The van der Waals surface area contributed by atoms with E-state index in [-0.39, 0.29) is 17.7 Å². The van der Waals surface area contributed by atoms with Crippen molar-refractivity contribution < 1.29 is 5.11 Å². The Morgan fingerprint density at radius 2 is 2.00 bits per heavy atom. The van der Waals surface area contributed by atoms with Gasteiger partial charge in [0.05, 0.1) is 24.3 Å². The van der Waals surface area contributed by atoms with E-state index in [1.54, 1.807) is 6.33 Å². The molecular weight excluding hydrogens is 328 g/mol. The second-order valence-corrected chi connectivity index (χ2v) is 8.42. The molecule has 1 saturated carbocycles. The molecule has 0 bridgehead atoms. The molecule has 3 rings (SSSR count). The summed E-state index contributed by atoms with van der Waals surface area (Å²) in [4.78, 5) is 13.5. The van der Waals surface area contributed by atoms with Crippen LogP contribution in [0.2, 0.25) is 0 Å². The molecule has 1 fully saturated rings. The number of aromatic nitrogens is 4. The zero-order valence-electron chi connectivity index (χ0n) is 16.3. The number of aliphatic hydroxyl groups is 1. The van der Waals surface area contributed by atoms with Crippen molar-refractivity contribution in [3.8, 4) is 5.69 Å². The number of aliphatic hydroxyl groups excluding tert-OH is 1. The molecule has 2 aromatic heterocycles. The largest absolute Gasteiger partial charge is 0.393 e. The standard InChI is InChI=1S/C19H30N6O/c1-12-6-7-14(8-16(12)26)22-17-15(25-10-13(2)21-11-25)9-20-18(23-17)24-19(3,4)5/h9-12,14,16,26H,6-8H2,1-5H3,(H2,20,22,23,24)/t12-,14-,16-/m1/s1. The lowest BCUT2D eigenvalue weighted by Gasteiger charge is -2.32. The number of nitrogens with one attached hydrogen (secondary N) is 2. The van der Waals surface area contributed by atoms with Crippen LogP contribution in [0.3, 0.4) is 0 Å². The van der Waals surface area contributed by atoms with Crippen molar-refractivity contribution in [1.29, 1.82) is 0 Å². The minimum Gasteiger partial charge on any atom is -0.393 e. The van der Waals surface area contributed by atoms with E-state index in [1.165, 1.54) is 0 Å². The molecule has 7 heteroatoms. The average Bonchev–Trinajstić information content (AvgIpc) is 2.96. The maximum Gasteiger partial charge on any atom is 0.225 e. The monoisotopic (exact) mass is 358 g/mol. The van der Waals surface area contributed by atoms with Crippen LogP contribution in [0.5, 0.6) is 0 Å². The summed E-state index contributed by atoms with van der Waals surface area (Å²) in [6.07, 6.45) is 8.03. The second-order valence-electron chi connectivity index (χ2n) is 8.42. The number of nitrogens with zero attached hydrogens (tertiary/aromatic N) is 4. The summed E-state index contributed by atoms with van der Waals surface area (Å²) in [6.45, 7) is 10.3. The summed E-state index contributed by atoms with van der Waals surface area (Å²) in [5, 5.41) is 17.1. The molecule has 2 heterocycles. The molecule has 3 atom stereocenters. The van der Waals surface area contributed by atoms with Crippen LogP contribution in [0, 0.1) is 12.8 Å². The van der Waals surface area contributed by atoms with Gasteiger partial charge < -0.3 is 20.3 Å². The lowest BCUT2D eigenvalue weighted by atomic mass is 9.85. The maximum atomic E-state index is 10.2. The van der Waals surface area contributed by atoms with Crippen LogP contribution in [0.25, 0.3) is 5.69 Å². The number of aryl methyl sites for hydroxylation is 1. The Labute approximate surface area is 155 Å². The normalized spacial score (nSPS) is 23.7. The Morgan fingerprint density at radius 1 is 1.23 bits per heavy atom. The molecule has 0 spiro atoms. The van der Waals surface area contributed by atoms with Gasteiger partial charge in [-0.15, -0.1) is 0 Å². The van der Waals surface area contributed by atoms with Gasteiger partial charge in [-0.2, -0.15) is 4.98 Å². The fraction of sp³-hybridized carbons (Fsp3) is 0.632. The Hall–Kier alpha value is -2.15. The van der Waals surface area contributed by atoms with Crippen molar-refractivity contribution in [2.75, 3.05) is 10.6 Å². The minimum absolute atomic E-state index is 0.124. The van der Waals surface area contributed by atoms with E-state index in [9.17, 15) is 5.11 Å². The smallest absolute Gasteiger partial charge is 0.225 e. The first-order valence-corrected chi connectivity index (χ1v) is 9.32. The quantitative estimate of drug-likeness (QED) is 0.778. The van der Waals surface area contributed by atoms with Crippen molar-refractivity contribution in [1.82, 2.24) is 19.5 Å². The number of hydrogen-bond donors (Lipinski definition) is 3. The van der Waals surface area contributed by atoms with Gasteiger partial charge in [0.1, 0.15) is 5.69 Å². The number of imidazole rings is 1. The molecule has 0 amide bonds. The third-order valence-corrected chi connectivity index (χ3v) is 4.74. The predicted molar refractivity (Wildman–Crippen MR) is 104 cm³/mol. The van der Waals surface area contributed by atoms with E-state index in [1.807, 2.05) is 23.9 Å². The van der Waals surface area contributed by atoms with E-state index < -0.39 is 0 Å². The molecule has 1 aliphatic rings. The van der Waals surface area contributed by atoms with Crippen molar-refractivity contribution in [2.24, 2.45) is 5.92 Å². The van der Waals surface area contributed by atoms with Crippen molar-refractivity contribution in [3.63, 3.8) is 0 Å². The first-order chi connectivity index (χ1) is 12.2. The van der Waals surface area contributed by atoms with Crippen LogP contribution >= 0.6 is 0 Å². The molecule has 142 valence electrons. The summed E-state index contributed by atoms with van der Waals surface area (Å²) < 4.78 is 1.93. The summed E-state index contributed by atoms with van der Waals surface area (Å²) in [5.74, 6) is 1.70. The topological polar surface area (TPSA) is 87.9 Å². The summed E-state index contributed by atoms with van der Waals surface area (Å²) in [6, 6.07) is 0.196. The van der Waals surface area contributed by atoms with Crippen LogP contribution in [-0.2, 0) is 0 Å². The predicted octanol–water partition coefficient (Wildman–Crippen LogP) is 3.14. The third kappa shape index (κ3) is 4.52. The van der Waals surface area contributed by atoms with Gasteiger partial charge in [-0.3, -0.25) is 0 Å². The van der Waals surface area contributed by atoms with Crippen LogP contribution in [0.15, 0.2) is 18.7 Å². The molecule has 0 radical (unpaired) electrons. The molecule has 1 aliphatic carbocycles. The van der Waals surface area contributed by atoms with E-state index in [0.29, 0.717) is 11.9 Å². The van der Waals surface area contributed by atoms with E-state index in [2.05, 4.69) is 48.3 Å². The van der Waals surface area contributed by atoms with Crippen molar-refractivity contribution in [2.45, 2.75) is 71.6 Å². The fourth-order valence-corrected chi connectivity index (χ4v) is 3.24. The highest BCUT2D eigenvalue weighted by atomic mass is 16.3. The lowest BCUT2D eigenvalue weighted by Crippen LogP contribution is -2.35. The third-order valence-electron chi connectivity index (χ3n) is 4.74. The lowest BCUT2D eigenvalue weighted by molar-refractivity contribution is 0.0739. The molecule has 0 unspecified atom stereocenters. The highest BCUT2D eigenvalue weighted by Gasteiger charge is 2.27. The highest BCUT2D eigenvalue weighted by molar-refractivity contribution is 5.58. The first-order valence-electron chi connectivity index (χ1n) is 9.32. The molecule has 0 aliphatic heterocycles. The number of anilines is 2. The van der Waals surface area contributed by atoms with E-state index in [0.717, 1.165) is 36.5 Å². The highest BCUT2D eigenvalue weighted by Crippen LogP contribution is 2.28.